The molecule has 3 N–H and O–H groups in total. The summed E-state index contributed by atoms with van der Waals surface area (Å²) < 4.78 is 0. The molecule has 0 bridgehead atoms. The molecule has 0 spiro atoms. The second kappa shape index (κ2) is 8.87. The van der Waals surface area contributed by atoms with Crippen LogP contribution in [-0.2, 0) is 0 Å². The summed E-state index contributed by atoms with van der Waals surface area (Å²) in [7, 11) is 0. The monoisotopic (exact) mass is 491 g/mol. The molecular weight excluding hydrogens is 477 g/mol. The third kappa shape index (κ3) is 4.57. The van der Waals surface area contributed by atoms with Gasteiger partial charge in [0.25, 0.3) is 0 Å². The molecule has 0 saturated carbocycles. The van der Waals surface area contributed by atoms with Gasteiger partial charge >= 0.3 is 0 Å². The number of nitrogens with zero attached hydrogens (tertiary/aromatic N) is 3. The first kappa shape index (κ1) is 21.5. The fourth-order valence-corrected chi connectivity index (χ4v) is 3.84. The molecule has 0 amide bonds. The summed E-state index contributed by atoms with van der Waals surface area (Å²) in [6.07, 6.45) is 0. The Morgan fingerprint density at radius 3 is 1.64 bits per heavy atom. The van der Waals surface area contributed by atoms with E-state index in [1.54, 1.807) is 18.2 Å². The summed E-state index contributed by atoms with van der Waals surface area (Å²) in [6.45, 7) is 0. The van der Waals surface area contributed by atoms with Gasteiger partial charge in [0.15, 0.2) is 5.65 Å². The van der Waals surface area contributed by atoms with Gasteiger partial charge in [0.05, 0.1) is 17.1 Å². The molecule has 0 atom stereocenters. The van der Waals surface area contributed by atoms with Crippen molar-refractivity contribution in [2.24, 2.45) is 0 Å². The SMILES string of the molecule is Nc1cc(Nc2ccc(Cl)cc2)c2nc(-c3ccc(Cl)cc3)c(-c3ccc(Cl)cc3)nc2n1. The van der Waals surface area contributed by atoms with Crippen LogP contribution in [-0.4, -0.2) is 15.0 Å². The van der Waals surface area contributed by atoms with Gasteiger partial charge in [-0.15, -0.1) is 0 Å². The van der Waals surface area contributed by atoms with E-state index >= 15 is 0 Å². The van der Waals surface area contributed by atoms with Crippen molar-refractivity contribution in [3.8, 4) is 22.5 Å². The fourth-order valence-electron chi connectivity index (χ4n) is 3.46. The molecule has 2 heterocycles. The van der Waals surface area contributed by atoms with Gasteiger partial charge in [-0.2, -0.15) is 0 Å². The second-order valence-electron chi connectivity index (χ2n) is 7.33. The molecule has 0 saturated heterocycles. The number of rotatable bonds is 4. The van der Waals surface area contributed by atoms with Crippen molar-refractivity contribution < 1.29 is 0 Å². The summed E-state index contributed by atoms with van der Waals surface area (Å²) in [6, 6.07) is 24.0. The summed E-state index contributed by atoms with van der Waals surface area (Å²) in [5.74, 6) is 0.328. The Labute approximate surface area is 205 Å². The van der Waals surface area contributed by atoms with Gasteiger partial charge in [-0.1, -0.05) is 59.1 Å². The fraction of sp³-hybridized carbons (Fsp3) is 0. The van der Waals surface area contributed by atoms with E-state index in [-0.39, 0.29) is 0 Å². The highest BCUT2D eigenvalue weighted by molar-refractivity contribution is 6.31. The maximum absolute atomic E-state index is 6.12. The number of benzene rings is 3. The highest BCUT2D eigenvalue weighted by Crippen LogP contribution is 2.35. The number of fused-ring (bicyclic) bond motifs is 1. The standard InChI is InChI=1S/C25H16Cl3N5/c26-16-5-1-14(2-6-16)22-23(15-3-7-17(27)8-4-15)33-25-24(32-22)20(13-21(29)31-25)30-19-11-9-18(28)10-12-19/h1-13H,(H3,29,30,31,33). The first-order valence-corrected chi connectivity index (χ1v) is 11.1. The van der Waals surface area contributed by atoms with E-state index in [9.17, 15) is 0 Å². The van der Waals surface area contributed by atoms with Crippen LogP contribution < -0.4 is 11.1 Å². The normalized spacial score (nSPS) is 11.0. The van der Waals surface area contributed by atoms with E-state index < -0.39 is 0 Å². The van der Waals surface area contributed by atoms with Gasteiger partial charge in [0, 0.05) is 37.9 Å². The molecule has 0 aliphatic rings. The Morgan fingerprint density at radius 2 is 1.09 bits per heavy atom. The van der Waals surface area contributed by atoms with Gasteiger partial charge in [0.1, 0.15) is 11.3 Å². The van der Waals surface area contributed by atoms with Crippen molar-refractivity contribution in [3.05, 3.63) is 93.9 Å². The van der Waals surface area contributed by atoms with Crippen LogP contribution in [0.15, 0.2) is 78.9 Å². The average Bonchev–Trinajstić information content (AvgIpc) is 2.81. The minimum Gasteiger partial charge on any atom is -0.384 e. The Kier molecular flexibility index (Phi) is 5.77. The molecule has 5 rings (SSSR count). The van der Waals surface area contributed by atoms with Gasteiger partial charge in [-0.25, -0.2) is 15.0 Å². The second-order valence-corrected chi connectivity index (χ2v) is 8.64. The van der Waals surface area contributed by atoms with Crippen molar-refractivity contribution in [1.82, 2.24) is 15.0 Å². The molecular formula is C25H16Cl3N5. The summed E-state index contributed by atoms with van der Waals surface area (Å²) in [4.78, 5) is 14.3. The molecule has 0 aliphatic heterocycles. The predicted octanol–water partition coefficient (Wildman–Crippen LogP) is 7.64. The molecule has 3 aromatic carbocycles. The van der Waals surface area contributed by atoms with Gasteiger partial charge < -0.3 is 11.1 Å². The average molecular weight is 493 g/mol. The zero-order chi connectivity index (χ0) is 22.9. The number of aromatic nitrogens is 3. The number of hydrogen-bond acceptors (Lipinski definition) is 5. The number of hydrogen-bond donors (Lipinski definition) is 2. The smallest absolute Gasteiger partial charge is 0.183 e. The minimum atomic E-state index is 0.328. The molecule has 5 aromatic rings. The number of pyridine rings is 1. The Hall–Kier alpha value is -3.38. The van der Waals surface area contributed by atoms with E-state index in [4.69, 9.17) is 50.5 Å². The number of nitrogens with two attached hydrogens (primary N) is 1. The van der Waals surface area contributed by atoms with Crippen LogP contribution in [0.25, 0.3) is 33.7 Å². The molecule has 0 radical (unpaired) electrons. The minimum absolute atomic E-state index is 0.328. The van der Waals surface area contributed by atoms with Gasteiger partial charge in [-0.3, -0.25) is 0 Å². The lowest BCUT2D eigenvalue weighted by atomic mass is 10.0. The number of halogens is 3. The van der Waals surface area contributed by atoms with Crippen molar-refractivity contribution >= 4 is 63.2 Å². The highest BCUT2D eigenvalue weighted by Gasteiger charge is 2.17. The van der Waals surface area contributed by atoms with Crippen LogP contribution in [0, 0.1) is 0 Å². The quantitative estimate of drug-likeness (QED) is 0.269. The lowest BCUT2D eigenvalue weighted by molar-refractivity contribution is 1.23. The van der Waals surface area contributed by atoms with Crippen LogP contribution in [0.3, 0.4) is 0 Å². The Balaban J connectivity index is 1.74. The van der Waals surface area contributed by atoms with Crippen molar-refractivity contribution in [2.75, 3.05) is 11.1 Å². The van der Waals surface area contributed by atoms with E-state index in [1.165, 1.54) is 0 Å². The summed E-state index contributed by atoms with van der Waals surface area (Å²) in [5.41, 5.74) is 11.7. The molecule has 0 aliphatic carbocycles. The summed E-state index contributed by atoms with van der Waals surface area (Å²) >= 11 is 18.2. The van der Waals surface area contributed by atoms with E-state index in [2.05, 4.69) is 10.3 Å². The third-order valence-corrected chi connectivity index (χ3v) is 5.77. The molecule has 162 valence electrons. The topological polar surface area (TPSA) is 76.7 Å². The maximum Gasteiger partial charge on any atom is 0.183 e. The molecule has 8 heteroatoms. The van der Waals surface area contributed by atoms with Gasteiger partial charge in [-0.05, 0) is 48.5 Å². The predicted molar refractivity (Wildman–Crippen MR) is 137 cm³/mol. The molecule has 0 unspecified atom stereocenters. The third-order valence-electron chi connectivity index (χ3n) is 5.02. The lowest BCUT2D eigenvalue weighted by Crippen LogP contribution is -2.03. The van der Waals surface area contributed by atoms with Crippen molar-refractivity contribution in [2.45, 2.75) is 0 Å². The number of nitrogen functional groups attached to an aromatic ring is 1. The van der Waals surface area contributed by atoms with Crippen LogP contribution in [0.5, 0.6) is 0 Å². The van der Waals surface area contributed by atoms with Gasteiger partial charge in [0.2, 0.25) is 0 Å². The van der Waals surface area contributed by atoms with E-state index in [1.807, 2.05) is 60.7 Å². The van der Waals surface area contributed by atoms with Crippen LogP contribution >= 0.6 is 34.8 Å². The Morgan fingerprint density at radius 1 is 0.606 bits per heavy atom. The molecule has 0 fully saturated rings. The summed E-state index contributed by atoms with van der Waals surface area (Å²) in [5, 5.41) is 5.28. The zero-order valence-corrected chi connectivity index (χ0v) is 19.3. The lowest BCUT2D eigenvalue weighted by Gasteiger charge is -2.14. The van der Waals surface area contributed by atoms with Crippen molar-refractivity contribution in [3.63, 3.8) is 0 Å². The van der Waals surface area contributed by atoms with E-state index in [0.29, 0.717) is 49.1 Å². The maximum atomic E-state index is 6.12. The largest absolute Gasteiger partial charge is 0.384 e. The molecule has 5 nitrogen and oxygen atoms in total. The first-order valence-electron chi connectivity index (χ1n) is 9.99. The van der Waals surface area contributed by atoms with Crippen LogP contribution in [0.4, 0.5) is 17.2 Å². The van der Waals surface area contributed by atoms with Crippen molar-refractivity contribution in [1.29, 1.82) is 0 Å². The Bertz CT molecular complexity index is 1450. The molecule has 33 heavy (non-hydrogen) atoms. The first-order chi connectivity index (χ1) is 16.0. The van der Waals surface area contributed by atoms with Crippen LogP contribution in [0.2, 0.25) is 15.1 Å². The number of nitrogens with one attached hydrogen (secondary N) is 1. The highest BCUT2D eigenvalue weighted by atomic mass is 35.5. The van der Waals surface area contributed by atoms with Crippen LogP contribution in [0.1, 0.15) is 0 Å². The molecule has 2 aromatic heterocycles. The zero-order valence-electron chi connectivity index (χ0n) is 17.1. The van der Waals surface area contributed by atoms with E-state index in [0.717, 1.165) is 16.8 Å². The number of anilines is 3.